The Morgan fingerprint density at radius 3 is 2.26 bits per heavy atom. The predicted molar refractivity (Wildman–Crippen MR) is 119 cm³/mol. The number of rotatable bonds is 7. The Kier molecular flexibility index (Phi) is 6.25. The van der Waals surface area contributed by atoms with E-state index in [1.54, 1.807) is 6.92 Å². The zero-order chi connectivity index (χ0) is 23.0. The van der Waals surface area contributed by atoms with Crippen molar-refractivity contribution in [2.45, 2.75) is 66.8 Å². The van der Waals surface area contributed by atoms with Crippen molar-refractivity contribution in [1.82, 2.24) is 5.32 Å². The molecule has 1 aromatic carbocycles. The quantitative estimate of drug-likeness (QED) is 0.544. The van der Waals surface area contributed by atoms with Crippen LogP contribution in [0.25, 0.3) is 21.9 Å². The van der Waals surface area contributed by atoms with E-state index in [2.05, 4.69) is 5.32 Å². The van der Waals surface area contributed by atoms with Crippen molar-refractivity contribution in [2.24, 2.45) is 5.92 Å². The zero-order valence-electron chi connectivity index (χ0n) is 18.8. The van der Waals surface area contributed by atoms with Crippen LogP contribution in [0.15, 0.2) is 19.7 Å². The van der Waals surface area contributed by atoms with Crippen molar-refractivity contribution in [3.8, 4) is 0 Å². The molecule has 0 radical (unpaired) electrons. The standard InChI is InChI=1S/C24H29NO6/c1-7-11(2)20(23(27)28)25-19(26)9-8-16-13(4)18-10-17-12(3)15(6)30-21(17)14(5)22(18)31-24(16)29/h10-11,20H,7-9H2,1-6H3,(H,25,26)(H,27,28)/t11-,20+/m1/s1. The molecule has 0 saturated carbocycles. The summed E-state index contributed by atoms with van der Waals surface area (Å²) >= 11 is 0. The third kappa shape index (κ3) is 4.09. The van der Waals surface area contributed by atoms with Crippen molar-refractivity contribution in [2.75, 3.05) is 0 Å². The van der Waals surface area contributed by atoms with Gasteiger partial charge in [0.2, 0.25) is 5.91 Å². The van der Waals surface area contributed by atoms with Gasteiger partial charge in [-0.3, -0.25) is 4.79 Å². The Morgan fingerprint density at radius 1 is 1.03 bits per heavy atom. The van der Waals surface area contributed by atoms with Gasteiger partial charge in [0.15, 0.2) is 0 Å². The number of carbonyl (C=O) groups excluding carboxylic acids is 1. The number of hydrogen-bond acceptors (Lipinski definition) is 5. The van der Waals surface area contributed by atoms with E-state index in [0.717, 1.165) is 33.2 Å². The van der Waals surface area contributed by atoms with Gasteiger partial charge in [-0.05, 0) is 57.2 Å². The van der Waals surface area contributed by atoms with Gasteiger partial charge in [-0.1, -0.05) is 20.3 Å². The third-order valence-corrected chi connectivity index (χ3v) is 6.34. The van der Waals surface area contributed by atoms with Gasteiger partial charge in [0.05, 0.1) is 0 Å². The number of benzene rings is 1. The van der Waals surface area contributed by atoms with Crippen molar-refractivity contribution in [3.63, 3.8) is 0 Å². The number of fused-ring (bicyclic) bond motifs is 2. The molecule has 0 spiro atoms. The van der Waals surface area contributed by atoms with Crippen LogP contribution in [0.2, 0.25) is 0 Å². The lowest BCUT2D eigenvalue weighted by molar-refractivity contribution is -0.143. The first-order chi connectivity index (χ1) is 14.6. The number of furan rings is 1. The van der Waals surface area contributed by atoms with E-state index in [1.807, 2.05) is 40.7 Å². The van der Waals surface area contributed by atoms with Crippen molar-refractivity contribution < 1.29 is 23.5 Å². The summed E-state index contributed by atoms with van der Waals surface area (Å²) in [6.07, 6.45) is 0.803. The van der Waals surface area contributed by atoms with E-state index in [9.17, 15) is 19.5 Å². The Labute approximate surface area is 180 Å². The van der Waals surface area contributed by atoms with E-state index < -0.39 is 23.5 Å². The summed E-state index contributed by atoms with van der Waals surface area (Å²) < 4.78 is 11.5. The maximum Gasteiger partial charge on any atom is 0.339 e. The summed E-state index contributed by atoms with van der Waals surface area (Å²) in [4.78, 5) is 36.5. The highest BCUT2D eigenvalue weighted by molar-refractivity contribution is 6.00. The van der Waals surface area contributed by atoms with Crippen molar-refractivity contribution in [1.29, 1.82) is 0 Å². The third-order valence-electron chi connectivity index (χ3n) is 6.34. The average molecular weight is 427 g/mol. The van der Waals surface area contributed by atoms with Crippen LogP contribution in [0.4, 0.5) is 0 Å². The Bertz CT molecular complexity index is 1230. The lowest BCUT2D eigenvalue weighted by Gasteiger charge is -2.20. The summed E-state index contributed by atoms with van der Waals surface area (Å²) in [6.45, 7) is 11.3. The molecule has 2 aromatic heterocycles. The molecule has 0 aliphatic heterocycles. The maximum atomic E-state index is 12.7. The monoisotopic (exact) mass is 427 g/mol. The molecular weight excluding hydrogens is 398 g/mol. The molecule has 7 nitrogen and oxygen atoms in total. The molecule has 0 aliphatic carbocycles. The normalized spacial score (nSPS) is 13.5. The van der Waals surface area contributed by atoms with Gasteiger partial charge >= 0.3 is 11.6 Å². The van der Waals surface area contributed by atoms with E-state index in [1.165, 1.54) is 0 Å². The SMILES string of the molecule is CC[C@@H](C)[C@H](NC(=O)CCc1c(C)c2cc3c(C)c(C)oc3c(C)c2oc1=O)C(=O)O. The zero-order valence-corrected chi connectivity index (χ0v) is 18.8. The molecule has 2 heterocycles. The minimum atomic E-state index is -1.06. The minimum absolute atomic E-state index is 0.00237. The lowest BCUT2D eigenvalue weighted by atomic mass is 9.97. The van der Waals surface area contributed by atoms with Gasteiger partial charge in [0.25, 0.3) is 0 Å². The van der Waals surface area contributed by atoms with Gasteiger partial charge in [0.1, 0.15) is 23.0 Å². The van der Waals surface area contributed by atoms with Crippen molar-refractivity contribution >= 4 is 33.8 Å². The highest BCUT2D eigenvalue weighted by atomic mass is 16.4. The Balaban J connectivity index is 1.93. The second-order valence-corrected chi connectivity index (χ2v) is 8.30. The number of carboxylic acids is 1. The first-order valence-electron chi connectivity index (χ1n) is 10.5. The number of aryl methyl sites for hydroxylation is 4. The Morgan fingerprint density at radius 2 is 1.65 bits per heavy atom. The molecule has 0 saturated heterocycles. The molecule has 3 rings (SSSR count). The topological polar surface area (TPSA) is 110 Å². The fourth-order valence-electron chi connectivity index (χ4n) is 3.95. The number of carbonyl (C=O) groups is 2. The summed E-state index contributed by atoms with van der Waals surface area (Å²) in [6, 6.07) is 1.02. The fraction of sp³-hybridized carbons (Fsp3) is 0.458. The maximum absolute atomic E-state index is 12.7. The molecular formula is C24H29NO6. The van der Waals surface area contributed by atoms with E-state index in [0.29, 0.717) is 23.2 Å². The summed E-state index contributed by atoms with van der Waals surface area (Å²) in [5, 5.41) is 13.7. The van der Waals surface area contributed by atoms with Gasteiger partial charge in [-0.15, -0.1) is 0 Å². The second-order valence-electron chi connectivity index (χ2n) is 8.30. The molecule has 166 valence electrons. The highest BCUT2D eigenvalue weighted by Crippen LogP contribution is 2.34. The molecule has 0 unspecified atom stereocenters. The van der Waals surface area contributed by atoms with Crippen LogP contribution in [0.5, 0.6) is 0 Å². The molecule has 31 heavy (non-hydrogen) atoms. The predicted octanol–water partition coefficient (Wildman–Crippen LogP) is 4.32. The second kappa shape index (κ2) is 8.57. The van der Waals surface area contributed by atoms with E-state index >= 15 is 0 Å². The van der Waals surface area contributed by atoms with Gasteiger partial charge in [-0.2, -0.15) is 0 Å². The highest BCUT2D eigenvalue weighted by Gasteiger charge is 2.25. The van der Waals surface area contributed by atoms with Crippen LogP contribution in [-0.2, 0) is 16.0 Å². The molecule has 0 bridgehead atoms. The first kappa shape index (κ1) is 22.6. The van der Waals surface area contributed by atoms with E-state index in [4.69, 9.17) is 8.83 Å². The summed E-state index contributed by atoms with van der Waals surface area (Å²) in [5.41, 5.74) is 3.70. The first-order valence-corrected chi connectivity index (χ1v) is 10.5. The minimum Gasteiger partial charge on any atom is -0.480 e. The van der Waals surface area contributed by atoms with Crippen LogP contribution in [0.1, 0.15) is 54.7 Å². The summed E-state index contributed by atoms with van der Waals surface area (Å²) in [5.74, 6) is -0.838. The van der Waals surface area contributed by atoms with Crippen molar-refractivity contribution in [3.05, 3.63) is 44.5 Å². The molecule has 0 fully saturated rings. The molecule has 7 heteroatoms. The molecule has 0 aliphatic rings. The number of hydrogen-bond donors (Lipinski definition) is 2. The number of nitrogens with one attached hydrogen (secondary N) is 1. The number of amides is 1. The number of carboxylic acid groups (broad SMARTS) is 1. The lowest BCUT2D eigenvalue weighted by Crippen LogP contribution is -2.45. The molecule has 2 N–H and O–H groups in total. The largest absolute Gasteiger partial charge is 0.480 e. The van der Waals surface area contributed by atoms with Crippen LogP contribution in [0.3, 0.4) is 0 Å². The van der Waals surface area contributed by atoms with Crippen LogP contribution in [0, 0.1) is 33.6 Å². The van der Waals surface area contributed by atoms with Gasteiger partial charge in [-0.25, -0.2) is 9.59 Å². The number of aliphatic carboxylic acids is 1. The molecule has 2 atom stereocenters. The fourth-order valence-corrected chi connectivity index (χ4v) is 3.95. The average Bonchev–Trinajstić information content (AvgIpc) is 3.00. The van der Waals surface area contributed by atoms with Crippen LogP contribution < -0.4 is 10.9 Å². The molecule has 3 aromatic rings. The summed E-state index contributed by atoms with van der Waals surface area (Å²) in [7, 11) is 0. The molecule has 1 amide bonds. The van der Waals surface area contributed by atoms with Gasteiger partial charge < -0.3 is 19.3 Å². The smallest absolute Gasteiger partial charge is 0.339 e. The van der Waals surface area contributed by atoms with Crippen LogP contribution >= 0.6 is 0 Å². The van der Waals surface area contributed by atoms with Gasteiger partial charge in [0, 0.05) is 28.3 Å². The Hall–Kier alpha value is -3.09. The van der Waals surface area contributed by atoms with E-state index in [-0.39, 0.29) is 18.8 Å². The van der Waals surface area contributed by atoms with Crippen LogP contribution in [-0.4, -0.2) is 23.0 Å².